The van der Waals surface area contributed by atoms with Crippen molar-refractivity contribution in [1.82, 2.24) is 49.1 Å². The Labute approximate surface area is 344 Å². The summed E-state index contributed by atoms with van der Waals surface area (Å²) in [5.74, 6) is 0. The zero-order valence-corrected chi connectivity index (χ0v) is 33.8. The van der Waals surface area contributed by atoms with Gasteiger partial charge in [-0.25, -0.2) is 27.7 Å². The molecule has 0 amide bonds. The summed E-state index contributed by atoms with van der Waals surface area (Å²) in [5, 5.41) is 40.1. The minimum absolute atomic E-state index is 0.0159. The lowest BCUT2D eigenvalue weighted by molar-refractivity contribution is -0.116. The lowest BCUT2D eigenvalue weighted by Crippen LogP contribution is -2.57. The standard InChI is InChI=1S/C37H38Cl4N10O4S/c1-56(54,55)49(17-13-29-7-3-5-15-46-29)21-37(53,31-11-9-27(39)19-33(31)41)35(51-25-44-23-48-51)34(50-24-43-22-47-50)36(52,30-10-8-26(38)18-32(30)40)20-42-16-12-28-6-2-4-14-45-28/h2-11,14-15,18-19,22-25,34-35,42,52-53H,12-13,16-17,20-21H2,1H3. The molecule has 2 aromatic carbocycles. The molecular weight excluding hydrogens is 822 g/mol. The number of halogens is 4. The summed E-state index contributed by atoms with van der Waals surface area (Å²) in [6.07, 6.45) is 10.3. The zero-order chi connectivity index (χ0) is 39.9. The topological polar surface area (TPSA) is 177 Å². The molecule has 3 N–H and O–H groups in total. The van der Waals surface area contributed by atoms with E-state index in [1.807, 2.05) is 18.2 Å². The maximum Gasteiger partial charge on any atom is 0.211 e. The molecule has 0 spiro atoms. The van der Waals surface area contributed by atoms with E-state index in [9.17, 15) is 18.6 Å². The molecule has 0 saturated heterocycles. The van der Waals surface area contributed by atoms with Gasteiger partial charge in [0.05, 0.1) is 6.26 Å². The van der Waals surface area contributed by atoms with Gasteiger partial charge in [-0.1, -0.05) is 70.7 Å². The first-order valence-electron chi connectivity index (χ1n) is 17.3. The maximum atomic E-state index is 13.7. The highest BCUT2D eigenvalue weighted by atomic mass is 35.5. The van der Waals surface area contributed by atoms with Crippen molar-refractivity contribution in [3.63, 3.8) is 0 Å². The SMILES string of the molecule is CS(=O)(=O)N(CCc1ccccn1)CC(O)(c1ccc(Cl)cc1Cl)C(C(n1cncn1)C(O)(CNCCc1ccccn1)c1ccc(Cl)cc1Cl)n1cncn1. The van der Waals surface area contributed by atoms with Gasteiger partial charge >= 0.3 is 0 Å². The molecule has 4 aromatic heterocycles. The predicted octanol–water partition coefficient (Wildman–Crippen LogP) is 5.17. The number of pyridine rings is 2. The molecule has 0 bridgehead atoms. The van der Waals surface area contributed by atoms with Crippen molar-refractivity contribution >= 4 is 56.4 Å². The van der Waals surface area contributed by atoms with Crippen LogP contribution < -0.4 is 5.32 Å². The third kappa shape index (κ3) is 9.56. The van der Waals surface area contributed by atoms with E-state index in [0.29, 0.717) is 23.7 Å². The van der Waals surface area contributed by atoms with Gasteiger partial charge in [-0.05, 0) is 48.5 Å². The molecule has 14 nitrogen and oxygen atoms in total. The zero-order valence-electron chi connectivity index (χ0n) is 29.9. The second-order valence-corrected chi connectivity index (χ2v) is 16.8. The van der Waals surface area contributed by atoms with Crippen LogP contribution in [0.15, 0.2) is 110 Å². The number of aromatic nitrogens is 8. The summed E-state index contributed by atoms with van der Waals surface area (Å²) in [6.45, 7) is -0.487. The predicted molar refractivity (Wildman–Crippen MR) is 214 cm³/mol. The Morgan fingerprint density at radius 3 is 1.73 bits per heavy atom. The molecule has 294 valence electrons. The summed E-state index contributed by atoms with van der Waals surface area (Å²) in [5.41, 5.74) is -2.69. The number of aliphatic hydroxyl groups is 2. The van der Waals surface area contributed by atoms with Crippen molar-refractivity contribution in [3.8, 4) is 0 Å². The highest BCUT2D eigenvalue weighted by Gasteiger charge is 2.56. The van der Waals surface area contributed by atoms with Gasteiger partial charge < -0.3 is 15.5 Å². The van der Waals surface area contributed by atoms with Gasteiger partial charge in [-0.2, -0.15) is 14.5 Å². The van der Waals surface area contributed by atoms with Crippen LogP contribution in [0.25, 0.3) is 0 Å². The molecule has 0 radical (unpaired) electrons. The molecule has 0 aliphatic heterocycles. The number of rotatable bonds is 18. The number of benzene rings is 2. The summed E-state index contributed by atoms with van der Waals surface area (Å²) in [4.78, 5) is 17.2. The Bertz CT molecular complexity index is 2300. The summed E-state index contributed by atoms with van der Waals surface area (Å²) in [7, 11) is -4.04. The van der Waals surface area contributed by atoms with Gasteiger partial charge in [0.2, 0.25) is 10.0 Å². The number of hydrogen-bond donors (Lipinski definition) is 3. The summed E-state index contributed by atoms with van der Waals surface area (Å²) >= 11 is 26.6. The van der Waals surface area contributed by atoms with E-state index in [4.69, 9.17) is 46.4 Å². The van der Waals surface area contributed by atoms with E-state index in [1.54, 1.807) is 42.7 Å². The van der Waals surface area contributed by atoms with Crippen LogP contribution >= 0.6 is 46.4 Å². The van der Waals surface area contributed by atoms with Crippen molar-refractivity contribution in [2.75, 3.05) is 32.4 Å². The third-order valence-electron chi connectivity index (χ3n) is 9.42. The van der Waals surface area contributed by atoms with Crippen LogP contribution in [0.4, 0.5) is 0 Å². The van der Waals surface area contributed by atoms with E-state index in [0.717, 1.165) is 16.3 Å². The quantitative estimate of drug-likeness (QED) is 0.0973. The van der Waals surface area contributed by atoms with Crippen LogP contribution in [0, 0.1) is 0 Å². The fourth-order valence-electron chi connectivity index (χ4n) is 6.81. The Morgan fingerprint density at radius 1 is 0.750 bits per heavy atom. The van der Waals surface area contributed by atoms with Crippen LogP contribution in [0.1, 0.15) is 34.6 Å². The number of sulfonamides is 1. The third-order valence-corrected chi connectivity index (χ3v) is 11.8. The molecule has 0 saturated carbocycles. The van der Waals surface area contributed by atoms with E-state index in [2.05, 4.69) is 35.5 Å². The van der Waals surface area contributed by atoms with Crippen molar-refractivity contribution in [2.24, 2.45) is 0 Å². The molecular formula is C37H38Cl4N10O4S. The Balaban J connectivity index is 1.57. The fourth-order valence-corrected chi connectivity index (χ4v) is 8.81. The monoisotopic (exact) mass is 858 g/mol. The van der Waals surface area contributed by atoms with E-state index >= 15 is 0 Å². The average Bonchev–Trinajstić information content (AvgIpc) is 3.90. The first-order chi connectivity index (χ1) is 26.8. The van der Waals surface area contributed by atoms with Crippen molar-refractivity contribution in [2.45, 2.75) is 36.1 Å². The lowest BCUT2D eigenvalue weighted by atomic mass is 9.73. The maximum absolute atomic E-state index is 13.7. The minimum Gasteiger partial charge on any atom is -0.381 e. The van der Waals surface area contributed by atoms with Crippen LogP contribution in [0.2, 0.25) is 20.1 Å². The summed E-state index contributed by atoms with van der Waals surface area (Å²) in [6, 6.07) is 17.2. The minimum atomic E-state index is -4.04. The molecule has 6 rings (SSSR count). The fraction of sp³-hybridized carbons (Fsp3) is 0.297. The average molecular weight is 861 g/mol. The molecule has 56 heavy (non-hydrogen) atoms. The molecule has 0 aliphatic rings. The molecule has 0 aliphatic carbocycles. The van der Waals surface area contributed by atoms with Gasteiger partial charge in [0.25, 0.3) is 0 Å². The van der Waals surface area contributed by atoms with Crippen LogP contribution in [-0.2, 0) is 34.1 Å². The molecule has 0 fully saturated rings. The molecule has 19 heteroatoms. The first-order valence-corrected chi connectivity index (χ1v) is 20.7. The Morgan fingerprint density at radius 2 is 1.27 bits per heavy atom. The molecule has 4 heterocycles. The molecule has 6 aromatic rings. The van der Waals surface area contributed by atoms with Gasteiger partial charge in [0, 0.05) is 94.0 Å². The van der Waals surface area contributed by atoms with E-state index in [-0.39, 0.29) is 45.7 Å². The Hall–Kier alpha value is -4.03. The first kappa shape index (κ1) is 41.6. The highest BCUT2D eigenvalue weighted by Crippen LogP contribution is 2.51. The Kier molecular flexibility index (Phi) is 13.4. The second kappa shape index (κ2) is 18.1. The van der Waals surface area contributed by atoms with Crippen molar-refractivity contribution in [3.05, 3.63) is 153 Å². The number of nitrogens with one attached hydrogen (secondary N) is 1. The van der Waals surface area contributed by atoms with Crippen LogP contribution in [0.3, 0.4) is 0 Å². The normalized spacial score (nSPS) is 15.3. The van der Waals surface area contributed by atoms with Gasteiger partial charge in [0.15, 0.2) is 0 Å². The van der Waals surface area contributed by atoms with E-state index < -0.39 is 39.9 Å². The molecule has 4 unspecified atom stereocenters. The van der Waals surface area contributed by atoms with Crippen molar-refractivity contribution in [1.29, 1.82) is 0 Å². The summed E-state index contributed by atoms with van der Waals surface area (Å²) < 4.78 is 31.2. The van der Waals surface area contributed by atoms with Crippen molar-refractivity contribution < 1.29 is 18.6 Å². The highest BCUT2D eigenvalue weighted by molar-refractivity contribution is 7.88. The smallest absolute Gasteiger partial charge is 0.211 e. The number of nitrogens with zero attached hydrogens (tertiary/aromatic N) is 9. The lowest BCUT2D eigenvalue weighted by Gasteiger charge is -2.48. The number of hydrogen-bond acceptors (Lipinski definition) is 11. The van der Waals surface area contributed by atoms with Crippen LogP contribution in [0.5, 0.6) is 0 Å². The molecule has 4 atom stereocenters. The largest absolute Gasteiger partial charge is 0.381 e. The van der Waals surface area contributed by atoms with Crippen LogP contribution in [-0.4, -0.2) is 94.9 Å². The van der Waals surface area contributed by atoms with Gasteiger partial charge in [-0.3, -0.25) is 9.97 Å². The van der Waals surface area contributed by atoms with Gasteiger partial charge in [-0.15, -0.1) is 0 Å². The second-order valence-electron chi connectivity index (χ2n) is 13.2. The van der Waals surface area contributed by atoms with E-state index in [1.165, 1.54) is 58.9 Å². The van der Waals surface area contributed by atoms with Gasteiger partial charge in [0.1, 0.15) is 48.6 Å².